The third kappa shape index (κ3) is 0.704. The van der Waals surface area contributed by atoms with E-state index in [1.165, 1.54) is 12.8 Å². The first-order valence-electron chi connectivity index (χ1n) is 5.34. The van der Waals surface area contributed by atoms with Crippen LogP contribution < -0.4 is 0 Å². The SMILES string of the molecule is C#CC(O)CC12C3CC(C[C@H]31)[C@@H]2C. The Bertz CT molecular complexity index is 276. The van der Waals surface area contributed by atoms with E-state index < -0.39 is 6.10 Å². The molecule has 0 heterocycles. The molecule has 6 atom stereocenters. The maximum Gasteiger partial charge on any atom is 0.115 e. The van der Waals surface area contributed by atoms with E-state index >= 15 is 0 Å². The lowest BCUT2D eigenvalue weighted by molar-refractivity contribution is 0.164. The van der Waals surface area contributed by atoms with Crippen molar-refractivity contribution >= 4 is 0 Å². The Hall–Kier alpha value is -0.480. The van der Waals surface area contributed by atoms with Crippen LogP contribution in [0.2, 0.25) is 0 Å². The molecule has 0 aliphatic heterocycles. The smallest absolute Gasteiger partial charge is 0.115 e. The van der Waals surface area contributed by atoms with Gasteiger partial charge in [0.2, 0.25) is 0 Å². The van der Waals surface area contributed by atoms with Gasteiger partial charge in [-0.25, -0.2) is 0 Å². The van der Waals surface area contributed by atoms with Gasteiger partial charge in [-0.1, -0.05) is 12.8 Å². The van der Waals surface area contributed by atoms with Crippen molar-refractivity contribution in [1.29, 1.82) is 0 Å². The molecule has 4 fully saturated rings. The highest BCUT2D eigenvalue weighted by Gasteiger charge is 2.77. The van der Waals surface area contributed by atoms with E-state index in [1.54, 1.807) is 0 Å². The summed E-state index contributed by atoms with van der Waals surface area (Å²) in [5, 5.41) is 9.53. The molecular weight excluding hydrogens is 160 g/mol. The zero-order valence-corrected chi connectivity index (χ0v) is 8.03. The molecular formula is C12H16O. The Morgan fingerprint density at radius 1 is 1.54 bits per heavy atom. The average Bonchev–Trinajstić information content (AvgIpc) is 2.54. The van der Waals surface area contributed by atoms with Crippen molar-refractivity contribution in [3.05, 3.63) is 0 Å². The molecule has 0 aromatic heterocycles. The number of aliphatic hydroxyl groups is 1. The molecule has 70 valence electrons. The summed E-state index contributed by atoms with van der Waals surface area (Å²) < 4.78 is 0. The monoisotopic (exact) mass is 176 g/mol. The molecule has 0 saturated heterocycles. The zero-order valence-electron chi connectivity index (χ0n) is 8.03. The van der Waals surface area contributed by atoms with E-state index in [9.17, 15) is 5.11 Å². The highest BCUT2D eigenvalue weighted by atomic mass is 16.3. The van der Waals surface area contributed by atoms with Crippen LogP contribution in [0.5, 0.6) is 0 Å². The molecule has 1 heteroatoms. The molecule has 1 N–H and O–H groups in total. The minimum absolute atomic E-state index is 0.483. The second-order valence-electron chi connectivity index (χ2n) is 5.23. The van der Waals surface area contributed by atoms with Crippen LogP contribution in [0.4, 0.5) is 0 Å². The maximum absolute atomic E-state index is 9.53. The molecule has 13 heavy (non-hydrogen) atoms. The van der Waals surface area contributed by atoms with Crippen molar-refractivity contribution in [2.24, 2.45) is 29.1 Å². The number of terminal acetylenes is 1. The quantitative estimate of drug-likeness (QED) is 0.634. The van der Waals surface area contributed by atoms with Crippen LogP contribution in [0, 0.1) is 41.4 Å². The minimum atomic E-state index is -0.494. The fourth-order valence-electron chi connectivity index (χ4n) is 4.55. The third-order valence-electron chi connectivity index (χ3n) is 5.16. The Morgan fingerprint density at radius 3 is 2.54 bits per heavy atom. The van der Waals surface area contributed by atoms with Crippen molar-refractivity contribution in [1.82, 2.24) is 0 Å². The van der Waals surface area contributed by atoms with Crippen LogP contribution in [0.25, 0.3) is 0 Å². The molecule has 0 aromatic carbocycles. The van der Waals surface area contributed by atoms with Gasteiger partial charge in [-0.05, 0) is 48.3 Å². The van der Waals surface area contributed by atoms with Crippen LogP contribution in [0.3, 0.4) is 0 Å². The first-order chi connectivity index (χ1) is 6.20. The summed E-state index contributed by atoms with van der Waals surface area (Å²) in [7, 11) is 0. The van der Waals surface area contributed by atoms with E-state index in [4.69, 9.17) is 6.42 Å². The minimum Gasteiger partial charge on any atom is -0.380 e. The normalized spacial score (nSPS) is 57.6. The predicted molar refractivity (Wildman–Crippen MR) is 50.8 cm³/mol. The van der Waals surface area contributed by atoms with Crippen LogP contribution >= 0.6 is 0 Å². The predicted octanol–water partition coefficient (Wildman–Crippen LogP) is 1.66. The molecule has 4 rings (SSSR count). The summed E-state index contributed by atoms with van der Waals surface area (Å²) in [4.78, 5) is 0. The summed E-state index contributed by atoms with van der Waals surface area (Å²) in [5.41, 5.74) is 0.483. The topological polar surface area (TPSA) is 20.2 Å². The highest BCUT2D eigenvalue weighted by Crippen LogP contribution is 2.82. The van der Waals surface area contributed by atoms with Gasteiger partial charge in [-0.15, -0.1) is 6.42 Å². The average molecular weight is 176 g/mol. The van der Waals surface area contributed by atoms with E-state index in [0.717, 1.165) is 30.1 Å². The Balaban J connectivity index is 1.83. The van der Waals surface area contributed by atoms with Crippen molar-refractivity contribution in [3.8, 4) is 12.3 Å². The van der Waals surface area contributed by atoms with Gasteiger partial charge in [0.25, 0.3) is 0 Å². The summed E-state index contributed by atoms with van der Waals surface area (Å²) in [6, 6.07) is 0. The summed E-state index contributed by atoms with van der Waals surface area (Å²) in [6.45, 7) is 2.36. The van der Waals surface area contributed by atoms with E-state index in [0.29, 0.717) is 5.41 Å². The first-order valence-corrected chi connectivity index (χ1v) is 5.34. The van der Waals surface area contributed by atoms with Gasteiger partial charge in [0.1, 0.15) is 6.10 Å². The first kappa shape index (κ1) is 7.88. The van der Waals surface area contributed by atoms with E-state index in [1.807, 2.05) is 0 Å². The van der Waals surface area contributed by atoms with Gasteiger partial charge in [-0.3, -0.25) is 0 Å². The van der Waals surface area contributed by atoms with Crippen LogP contribution in [0.15, 0.2) is 0 Å². The lowest BCUT2D eigenvalue weighted by atomic mass is 9.86. The van der Waals surface area contributed by atoms with Gasteiger partial charge < -0.3 is 5.11 Å². The van der Waals surface area contributed by atoms with Gasteiger partial charge >= 0.3 is 0 Å². The highest BCUT2D eigenvalue weighted by molar-refractivity contribution is 5.26. The summed E-state index contributed by atoms with van der Waals surface area (Å²) >= 11 is 0. The van der Waals surface area contributed by atoms with Gasteiger partial charge in [0, 0.05) is 0 Å². The number of hydrogen-bond acceptors (Lipinski definition) is 1. The zero-order chi connectivity index (χ0) is 9.22. The molecule has 4 aliphatic rings. The molecule has 0 aromatic rings. The van der Waals surface area contributed by atoms with Crippen LogP contribution in [0.1, 0.15) is 26.2 Å². The molecule has 0 radical (unpaired) electrons. The molecule has 0 spiro atoms. The van der Waals surface area contributed by atoms with Gasteiger partial charge in [-0.2, -0.15) is 0 Å². The van der Waals surface area contributed by atoms with Crippen LogP contribution in [-0.2, 0) is 0 Å². The van der Waals surface area contributed by atoms with Gasteiger partial charge in [0.05, 0.1) is 0 Å². The second-order valence-corrected chi connectivity index (χ2v) is 5.23. The summed E-state index contributed by atoms with van der Waals surface area (Å²) in [5.74, 6) is 6.09. The number of rotatable bonds is 2. The molecule has 4 unspecified atom stereocenters. The lowest BCUT2D eigenvalue weighted by Crippen LogP contribution is -2.18. The molecule has 4 saturated carbocycles. The Kier molecular flexibility index (Phi) is 1.29. The standard InChI is InChI=1S/C12H16O/c1-3-9(13)6-12-7(2)8-4-10(12)11(12)5-8/h1,7-11,13H,4-6H2,2H3/t7-,8?,9?,10+,11?,12?/m0/s1. The number of hydrogen-bond donors (Lipinski definition) is 1. The fraction of sp³-hybridized carbons (Fsp3) is 0.833. The molecule has 1 nitrogen and oxygen atoms in total. The molecule has 0 amide bonds. The van der Waals surface area contributed by atoms with Crippen LogP contribution in [-0.4, -0.2) is 11.2 Å². The second kappa shape index (κ2) is 2.12. The lowest BCUT2D eigenvalue weighted by Gasteiger charge is -2.20. The molecule has 4 aliphatic carbocycles. The van der Waals surface area contributed by atoms with E-state index in [-0.39, 0.29) is 0 Å². The Morgan fingerprint density at radius 2 is 2.15 bits per heavy atom. The van der Waals surface area contributed by atoms with Crippen molar-refractivity contribution in [2.75, 3.05) is 0 Å². The van der Waals surface area contributed by atoms with Gasteiger partial charge in [0.15, 0.2) is 0 Å². The summed E-state index contributed by atoms with van der Waals surface area (Å²) in [6.07, 6.45) is 8.45. The molecule has 4 bridgehead atoms. The van der Waals surface area contributed by atoms with Crippen molar-refractivity contribution in [2.45, 2.75) is 32.3 Å². The number of aliphatic hydroxyl groups excluding tert-OH is 1. The van der Waals surface area contributed by atoms with Crippen molar-refractivity contribution in [3.63, 3.8) is 0 Å². The largest absolute Gasteiger partial charge is 0.380 e. The maximum atomic E-state index is 9.53. The third-order valence-corrected chi connectivity index (χ3v) is 5.16. The van der Waals surface area contributed by atoms with Crippen molar-refractivity contribution < 1.29 is 5.11 Å². The van der Waals surface area contributed by atoms with E-state index in [2.05, 4.69) is 12.8 Å². The fourth-order valence-corrected chi connectivity index (χ4v) is 4.55. The Labute approximate surface area is 79.5 Å².